The number of aryl methyl sites for hydroxylation is 1. The van der Waals surface area contributed by atoms with Gasteiger partial charge in [-0.3, -0.25) is 4.68 Å². The summed E-state index contributed by atoms with van der Waals surface area (Å²) >= 11 is 0. The van der Waals surface area contributed by atoms with Gasteiger partial charge in [-0.25, -0.2) is 4.39 Å². The zero-order valence-electron chi connectivity index (χ0n) is 8.81. The Labute approximate surface area is 90.4 Å². The Balaban J connectivity index is 2.93. The molecule has 3 nitrogen and oxygen atoms in total. The largest absolute Gasteiger partial charge is 0.435 e. The molecule has 1 aromatic rings. The van der Waals surface area contributed by atoms with Crippen LogP contribution in [-0.4, -0.2) is 30.0 Å². The Bertz CT molecular complexity index is 332. The molecule has 0 saturated heterocycles. The van der Waals surface area contributed by atoms with E-state index in [4.69, 9.17) is 0 Å². The molecule has 0 fully saturated rings. The maximum absolute atomic E-state index is 12.5. The summed E-state index contributed by atoms with van der Waals surface area (Å²) < 4.78 is 50.6. The second-order valence-corrected chi connectivity index (χ2v) is 3.31. The van der Waals surface area contributed by atoms with Gasteiger partial charge in [0.15, 0.2) is 5.69 Å². The highest BCUT2D eigenvalue weighted by Gasteiger charge is 2.36. The number of nitrogens with zero attached hydrogens (tertiary/aromatic N) is 2. The zero-order chi connectivity index (χ0) is 12.2. The van der Waals surface area contributed by atoms with E-state index in [0.29, 0.717) is 6.54 Å². The third-order valence-corrected chi connectivity index (χ3v) is 2.06. The van der Waals surface area contributed by atoms with Gasteiger partial charge in [0.25, 0.3) is 0 Å². The molecule has 0 unspecified atom stereocenters. The third-order valence-electron chi connectivity index (χ3n) is 2.06. The first kappa shape index (κ1) is 13.0. The number of rotatable bonds is 5. The van der Waals surface area contributed by atoms with Crippen LogP contribution in [0.25, 0.3) is 0 Å². The first-order chi connectivity index (χ1) is 7.49. The summed E-state index contributed by atoms with van der Waals surface area (Å²) in [5, 5.41) is 6.11. The molecule has 0 saturated carbocycles. The number of hydrogen-bond acceptors (Lipinski definition) is 2. The van der Waals surface area contributed by atoms with E-state index in [-0.39, 0.29) is 18.5 Å². The summed E-state index contributed by atoms with van der Waals surface area (Å²) in [5.41, 5.74) is -0.827. The molecule has 0 aliphatic rings. The zero-order valence-corrected chi connectivity index (χ0v) is 8.81. The Morgan fingerprint density at radius 2 is 2.12 bits per heavy atom. The van der Waals surface area contributed by atoms with Crippen LogP contribution in [0.2, 0.25) is 0 Å². The van der Waals surface area contributed by atoms with Crippen LogP contribution in [0.1, 0.15) is 11.3 Å². The highest BCUT2D eigenvalue weighted by atomic mass is 19.4. The van der Waals surface area contributed by atoms with E-state index in [1.54, 1.807) is 7.05 Å². The van der Waals surface area contributed by atoms with E-state index in [1.807, 2.05) is 0 Å². The van der Waals surface area contributed by atoms with Crippen LogP contribution in [-0.2, 0) is 19.1 Å². The second-order valence-electron chi connectivity index (χ2n) is 3.31. The summed E-state index contributed by atoms with van der Waals surface area (Å²) in [6, 6.07) is 0. The lowest BCUT2D eigenvalue weighted by Crippen LogP contribution is -2.14. The average Bonchev–Trinajstić information content (AvgIpc) is 2.58. The lowest BCUT2D eigenvalue weighted by molar-refractivity contribution is -0.142. The van der Waals surface area contributed by atoms with Gasteiger partial charge in [0, 0.05) is 11.8 Å². The molecule has 0 aliphatic heterocycles. The predicted octanol–water partition coefficient (Wildman–Crippen LogP) is 1.63. The fourth-order valence-electron chi connectivity index (χ4n) is 1.35. The molecule has 1 rings (SSSR count). The van der Waals surface area contributed by atoms with Crippen LogP contribution in [0.15, 0.2) is 6.20 Å². The minimum Gasteiger partial charge on any atom is -0.319 e. The second kappa shape index (κ2) is 5.29. The van der Waals surface area contributed by atoms with Crippen molar-refractivity contribution in [3.63, 3.8) is 0 Å². The SMILES string of the molecule is CNCCc1cn(CCF)nc1C(F)(F)F. The number of aromatic nitrogens is 2. The molecule has 0 bridgehead atoms. The van der Waals surface area contributed by atoms with Crippen LogP contribution in [0, 0.1) is 0 Å². The Morgan fingerprint density at radius 1 is 1.44 bits per heavy atom. The van der Waals surface area contributed by atoms with E-state index in [9.17, 15) is 17.6 Å². The van der Waals surface area contributed by atoms with Gasteiger partial charge in [0.1, 0.15) is 6.67 Å². The van der Waals surface area contributed by atoms with Crippen molar-refractivity contribution in [3.05, 3.63) is 17.5 Å². The van der Waals surface area contributed by atoms with Gasteiger partial charge in [-0.2, -0.15) is 18.3 Å². The lowest BCUT2D eigenvalue weighted by Gasteiger charge is -2.05. The monoisotopic (exact) mass is 239 g/mol. The van der Waals surface area contributed by atoms with Gasteiger partial charge < -0.3 is 5.32 Å². The predicted molar refractivity (Wildman–Crippen MR) is 50.8 cm³/mol. The minimum absolute atomic E-state index is 0.0929. The van der Waals surface area contributed by atoms with E-state index < -0.39 is 18.5 Å². The van der Waals surface area contributed by atoms with Crippen molar-refractivity contribution in [1.82, 2.24) is 15.1 Å². The summed E-state index contributed by atoms with van der Waals surface area (Å²) in [4.78, 5) is 0. The molecular formula is C9H13F4N3. The van der Waals surface area contributed by atoms with Crippen molar-refractivity contribution in [2.75, 3.05) is 20.3 Å². The molecule has 0 aliphatic carbocycles. The summed E-state index contributed by atoms with van der Waals surface area (Å²) in [6.45, 7) is -0.461. The van der Waals surface area contributed by atoms with Crippen molar-refractivity contribution in [3.8, 4) is 0 Å². The van der Waals surface area contributed by atoms with Crippen LogP contribution < -0.4 is 5.32 Å². The van der Waals surface area contributed by atoms with Crippen molar-refractivity contribution in [2.24, 2.45) is 0 Å². The van der Waals surface area contributed by atoms with Crippen LogP contribution in [0.5, 0.6) is 0 Å². The summed E-state index contributed by atoms with van der Waals surface area (Å²) in [7, 11) is 1.65. The van der Waals surface area contributed by atoms with Crippen molar-refractivity contribution in [1.29, 1.82) is 0 Å². The fourth-order valence-corrected chi connectivity index (χ4v) is 1.35. The quantitative estimate of drug-likeness (QED) is 0.791. The number of halogens is 4. The summed E-state index contributed by atoms with van der Waals surface area (Å²) in [6.07, 6.45) is -3.01. The van der Waals surface area contributed by atoms with Crippen molar-refractivity contribution < 1.29 is 17.6 Å². The molecule has 1 heterocycles. The summed E-state index contributed by atoms with van der Waals surface area (Å²) in [5.74, 6) is 0. The smallest absolute Gasteiger partial charge is 0.319 e. The molecule has 0 amide bonds. The van der Waals surface area contributed by atoms with Gasteiger partial charge in [-0.05, 0) is 20.0 Å². The molecule has 0 radical (unpaired) electrons. The highest BCUT2D eigenvalue weighted by molar-refractivity contribution is 5.20. The highest BCUT2D eigenvalue weighted by Crippen LogP contribution is 2.30. The number of likely N-dealkylation sites (N-methyl/N-ethyl adjacent to an activating group) is 1. The van der Waals surface area contributed by atoms with E-state index in [2.05, 4.69) is 10.4 Å². The molecule has 92 valence electrons. The molecule has 0 atom stereocenters. The molecule has 0 spiro atoms. The number of nitrogens with one attached hydrogen (secondary N) is 1. The molecule has 16 heavy (non-hydrogen) atoms. The third kappa shape index (κ3) is 3.19. The van der Waals surface area contributed by atoms with Crippen LogP contribution >= 0.6 is 0 Å². The average molecular weight is 239 g/mol. The first-order valence-electron chi connectivity index (χ1n) is 4.83. The Kier molecular flexibility index (Phi) is 4.28. The maximum atomic E-state index is 12.5. The van der Waals surface area contributed by atoms with Gasteiger partial charge in [0.05, 0.1) is 6.54 Å². The normalized spacial score (nSPS) is 12.1. The van der Waals surface area contributed by atoms with Gasteiger partial charge >= 0.3 is 6.18 Å². The van der Waals surface area contributed by atoms with E-state index in [1.165, 1.54) is 6.20 Å². The molecule has 1 aromatic heterocycles. The maximum Gasteiger partial charge on any atom is 0.435 e. The lowest BCUT2D eigenvalue weighted by atomic mass is 10.2. The van der Waals surface area contributed by atoms with Crippen LogP contribution in [0.4, 0.5) is 17.6 Å². The van der Waals surface area contributed by atoms with E-state index in [0.717, 1.165) is 4.68 Å². The van der Waals surface area contributed by atoms with Gasteiger partial charge in [0.2, 0.25) is 0 Å². The molecule has 0 aromatic carbocycles. The van der Waals surface area contributed by atoms with Crippen molar-refractivity contribution >= 4 is 0 Å². The van der Waals surface area contributed by atoms with Gasteiger partial charge in [-0.15, -0.1) is 0 Å². The van der Waals surface area contributed by atoms with E-state index >= 15 is 0 Å². The fraction of sp³-hybridized carbons (Fsp3) is 0.667. The topological polar surface area (TPSA) is 29.9 Å². The van der Waals surface area contributed by atoms with Crippen LogP contribution in [0.3, 0.4) is 0 Å². The standard InChI is InChI=1S/C9H13F4N3/c1-14-4-2-7-6-16(5-3-10)15-8(7)9(11,12)13/h6,14H,2-5H2,1H3. The number of hydrogen-bond donors (Lipinski definition) is 1. The van der Waals surface area contributed by atoms with Crippen molar-refractivity contribution in [2.45, 2.75) is 19.1 Å². The van der Waals surface area contributed by atoms with Gasteiger partial charge in [-0.1, -0.05) is 0 Å². The molecular weight excluding hydrogens is 226 g/mol. The molecule has 7 heteroatoms. The Hall–Kier alpha value is -1.11. The minimum atomic E-state index is -4.48. The first-order valence-corrected chi connectivity index (χ1v) is 4.83. The number of alkyl halides is 4. The molecule has 1 N–H and O–H groups in total. The Morgan fingerprint density at radius 3 is 2.62 bits per heavy atom.